The van der Waals surface area contributed by atoms with Gasteiger partial charge in [-0.3, -0.25) is 24.0 Å². The molecule has 226 valence electrons. The highest BCUT2D eigenvalue weighted by Gasteiger charge is 2.32. The second kappa shape index (κ2) is 12.3. The average molecular weight is 578 g/mol. The molecule has 1 atom stereocenters. The van der Waals surface area contributed by atoms with E-state index in [9.17, 15) is 19.2 Å². The van der Waals surface area contributed by atoms with Crippen molar-refractivity contribution < 1.29 is 19.1 Å². The minimum atomic E-state index is -0.706. The van der Waals surface area contributed by atoms with Crippen LogP contribution in [0.15, 0.2) is 23.0 Å². The van der Waals surface area contributed by atoms with Gasteiger partial charge in [-0.25, -0.2) is 9.59 Å². The summed E-state index contributed by atoms with van der Waals surface area (Å²) in [5, 5.41) is 5.39. The van der Waals surface area contributed by atoms with Crippen molar-refractivity contribution in [3.8, 4) is 11.8 Å². The molecule has 42 heavy (non-hydrogen) atoms. The Balaban J connectivity index is 1.15. The zero-order chi connectivity index (χ0) is 30.0. The first-order valence-corrected chi connectivity index (χ1v) is 15.3. The van der Waals surface area contributed by atoms with Gasteiger partial charge in [-0.15, -0.1) is 0 Å². The standard InChI is InChI=1S/C32H43N5O5/c1-32(2,3)42-30(40)33-24-12-9-22(10-13-24)20-36-18-16-21(17-19-36)8-11-23-6-5-7-25-28(23)35(4)31(41)37(25)26-14-15-27(38)34-29(26)39/h5-7,21-22,24,26H,9-10,12-20H2,1-4H3,(H,33,40)(H,34,38,39). The van der Waals surface area contributed by atoms with Crippen LogP contribution in [0, 0.1) is 23.7 Å². The fourth-order valence-electron chi connectivity index (χ4n) is 6.54. The summed E-state index contributed by atoms with van der Waals surface area (Å²) in [5.74, 6) is 7.02. The van der Waals surface area contributed by atoms with Crippen molar-refractivity contribution in [1.29, 1.82) is 0 Å². The second-order valence-electron chi connectivity index (χ2n) is 13.1. The van der Waals surface area contributed by atoms with Gasteiger partial charge in [0.1, 0.15) is 11.6 Å². The summed E-state index contributed by atoms with van der Waals surface area (Å²) < 4.78 is 8.46. The summed E-state index contributed by atoms with van der Waals surface area (Å²) >= 11 is 0. The van der Waals surface area contributed by atoms with Crippen LogP contribution >= 0.6 is 0 Å². The number of benzene rings is 1. The molecule has 2 aliphatic heterocycles. The van der Waals surface area contributed by atoms with Gasteiger partial charge in [0.25, 0.3) is 0 Å². The highest BCUT2D eigenvalue weighted by molar-refractivity contribution is 6.00. The summed E-state index contributed by atoms with van der Waals surface area (Å²) in [6.45, 7) is 8.77. The van der Waals surface area contributed by atoms with Gasteiger partial charge >= 0.3 is 11.8 Å². The lowest BCUT2D eigenvalue weighted by molar-refractivity contribution is -0.135. The third kappa shape index (κ3) is 6.89. The molecule has 10 heteroatoms. The molecule has 1 saturated carbocycles. The van der Waals surface area contributed by atoms with E-state index >= 15 is 0 Å². The van der Waals surface area contributed by atoms with Gasteiger partial charge in [-0.05, 0) is 96.9 Å². The lowest BCUT2D eigenvalue weighted by Gasteiger charge is -2.36. The van der Waals surface area contributed by atoms with E-state index in [1.54, 1.807) is 11.6 Å². The van der Waals surface area contributed by atoms with E-state index < -0.39 is 17.6 Å². The maximum absolute atomic E-state index is 13.2. The molecule has 1 aliphatic carbocycles. The number of hydrogen-bond donors (Lipinski definition) is 2. The molecule has 2 N–H and O–H groups in total. The van der Waals surface area contributed by atoms with Crippen molar-refractivity contribution in [1.82, 2.24) is 24.7 Å². The summed E-state index contributed by atoms with van der Waals surface area (Å²) in [6.07, 6.45) is 6.43. The molecule has 3 aliphatic rings. The first-order chi connectivity index (χ1) is 20.0. The molecule has 0 radical (unpaired) electrons. The molecule has 5 rings (SSSR count). The van der Waals surface area contributed by atoms with E-state index in [0.717, 1.165) is 63.7 Å². The molecule has 1 aromatic heterocycles. The van der Waals surface area contributed by atoms with E-state index in [-0.39, 0.29) is 30.2 Å². The minimum absolute atomic E-state index is 0.196. The normalized spacial score (nSPS) is 24.1. The Bertz CT molecular complexity index is 1460. The van der Waals surface area contributed by atoms with Crippen LogP contribution in [0.4, 0.5) is 4.79 Å². The Morgan fingerprint density at radius 2 is 1.76 bits per heavy atom. The predicted octanol–water partition coefficient (Wildman–Crippen LogP) is 3.46. The number of ether oxygens (including phenoxy) is 1. The summed E-state index contributed by atoms with van der Waals surface area (Å²) in [6, 6.07) is 5.12. The zero-order valence-electron chi connectivity index (χ0n) is 25.2. The number of nitrogens with one attached hydrogen (secondary N) is 2. The SMILES string of the molecule is Cn1c(=O)n(C2CCC(=O)NC2=O)c2cccc(C#CC3CCN(CC4CCC(NC(=O)OC(C)(C)C)CC4)CC3)c21. The van der Waals surface area contributed by atoms with Crippen LogP contribution in [0.25, 0.3) is 11.0 Å². The van der Waals surface area contributed by atoms with Gasteiger partial charge in [-0.2, -0.15) is 0 Å². The fourth-order valence-corrected chi connectivity index (χ4v) is 6.54. The Morgan fingerprint density at radius 3 is 2.43 bits per heavy atom. The van der Waals surface area contributed by atoms with Crippen molar-refractivity contribution in [2.75, 3.05) is 19.6 Å². The molecule has 1 unspecified atom stereocenters. The number of likely N-dealkylation sites (tertiary alicyclic amines) is 1. The van der Waals surface area contributed by atoms with Crippen LogP contribution in [0.3, 0.4) is 0 Å². The van der Waals surface area contributed by atoms with Crippen molar-refractivity contribution in [2.45, 2.75) is 89.8 Å². The largest absolute Gasteiger partial charge is 0.444 e. The number of para-hydroxylation sites is 1. The lowest BCUT2D eigenvalue weighted by atomic mass is 9.85. The quantitative estimate of drug-likeness (QED) is 0.425. The van der Waals surface area contributed by atoms with Gasteiger partial charge in [0.15, 0.2) is 0 Å². The molecule has 2 saturated heterocycles. The molecule has 3 fully saturated rings. The number of hydrogen-bond acceptors (Lipinski definition) is 6. The third-order valence-electron chi connectivity index (χ3n) is 8.71. The van der Waals surface area contributed by atoms with Crippen molar-refractivity contribution >= 4 is 28.9 Å². The molecule has 3 heterocycles. The molecule has 10 nitrogen and oxygen atoms in total. The smallest absolute Gasteiger partial charge is 0.407 e. The number of imide groups is 1. The first kappa shape index (κ1) is 29.9. The number of carbonyl (C=O) groups is 3. The van der Waals surface area contributed by atoms with E-state index in [4.69, 9.17) is 4.74 Å². The number of piperidine rings is 2. The van der Waals surface area contributed by atoms with Crippen LogP contribution in [-0.4, -0.2) is 63.2 Å². The number of nitrogens with zero attached hydrogens (tertiary/aromatic N) is 3. The number of amides is 3. The number of aromatic nitrogens is 2. The topological polar surface area (TPSA) is 115 Å². The van der Waals surface area contributed by atoms with Gasteiger partial charge < -0.3 is 15.0 Å². The van der Waals surface area contributed by atoms with Crippen LogP contribution < -0.4 is 16.3 Å². The Hall–Kier alpha value is -3.58. The monoisotopic (exact) mass is 577 g/mol. The molecular weight excluding hydrogens is 534 g/mol. The van der Waals surface area contributed by atoms with E-state index in [1.165, 1.54) is 4.57 Å². The predicted molar refractivity (Wildman–Crippen MR) is 160 cm³/mol. The highest BCUT2D eigenvalue weighted by atomic mass is 16.6. The van der Waals surface area contributed by atoms with Crippen molar-refractivity contribution in [3.05, 3.63) is 34.2 Å². The Kier molecular flexibility index (Phi) is 8.78. The van der Waals surface area contributed by atoms with Crippen LogP contribution in [0.1, 0.15) is 83.7 Å². The van der Waals surface area contributed by atoms with Crippen LogP contribution in [-0.2, 0) is 21.4 Å². The molecule has 0 bridgehead atoms. The molecular formula is C32H43N5O5. The van der Waals surface area contributed by atoms with Gasteiger partial charge in [-0.1, -0.05) is 17.9 Å². The summed E-state index contributed by atoms with van der Waals surface area (Å²) in [5.41, 5.74) is 1.39. The lowest BCUT2D eigenvalue weighted by Crippen LogP contribution is -2.44. The van der Waals surface area contributed by atoms with Gasteiger partial charge in [0.05, 0.1) is 16.6 Å². The van der Waals surface area contributed by atoms with Crippen molar-refractivity contribution in [3.63, 3.8) is 0 Å². The van der Waals surface area contributed by atoms with Crippen molar-refractivity contribution in [2.24, 2.45) is 18.9 Å². The van der Waals surface area contributed by atoms with E-state index in [0.29, 0.717) is 29.3 Å². The number of aryl methyl sites for hydroxylation is 1. The van der Waals surface area contributed by atoms with E-state index in [1.807, 2.05) is 39.0 Å². The Morgan fingerprint density at radius 1 is 1.05 bits per heavy atom. The molecule has 3 amide bonds. The summed E-state index contributed by atoms with van der Waals surface area (Å²) in [7, 11) is 1.71. The van der Waals surface area contributed by atoms with E-state index in [2.05, 4.69) is 27.4 Å². The zero-order valence-corrected chi connectivity index (χ0v) is 25.2. The highest BCUT2D eigenvalue weighted by Crippen LogP contribution is 2.28. The molecule has 1 aromatic carbocycles. The van der Waals surface area contributed by atoms with Gasteiger partial charge in [0.2, 0.25) is 11.8 Å². The molecule has 0 spiro atoms. The third-order valence-corrected chi connectivity index (χ3v) is 8.71. The fraction of sp³-hybridized carbons (Fsp3) is 0.625. The maximum Gasteiger partial charge on any atom is 0.407 e. The first-order valence-electron chi connectivity index (χ1n) is 15.3. The maximum atomic E-state index is 13.2. The number of alkyl carbamates (subject to hydrolysis) is 1. The summed E-state index contributed by atoms with van der Waals surface area (Å²) in [4.78, 5) is 52.0. The number of fused-ring (bicyclic) bond motifs is 1. The minimum Gasteiger partial charge on any atom is -0.444 e. The number of imidazole rings is 1. The number of rotatable bonds is 4. The van der Waals surface area contributed by atoms with Gasteiger partial charge in [0, 0.05) is 32.0 Å². The van der Waals surface area contributed by atoms with Crippen LogP contribution in [0.2, 0.25) is 0 Å². The number of carbonyl (C=O) groups excluding carboxylic acids is 3. The Labute approximate surface area is 247 Å². The van der Waals surface area contributed by atoms with Crippen LogP contribution in [0.5, 0.6) is 0 Å². The average Bonchev–Trinajstić information content (AvgIpc) is 3.18. The molecule has 2 aromatic rings. The second-order valence-corrected chi connectivity index (χ2v) is 13.1.